The average Bonchev–Trinajstić information content (AvgIpc) is 2.83. The van der Waals surface area contributed by atoms with E-state index in [1.54, 1.807) is 11.3 Å². The minimum Gasteiger partial charge on any atom is -0.236 e. The second-order valence-electron chi connectivity index (χ2n) is 3.21. The molecule has 2 aromatic heterocycles. The normalized spacial score (nSPS) is 13.1. The van der Waals surface area contributed by atoms with Crippen LogP contribution in [0, 0.1) is 11.3 Å². The van der Waals surface area contributed by atoms with Crippen molar-refractivity contribution >= 4 is 27.6 Å². The molecule has 0 aliphatic heterocycles. The van der Waals surface area contributed by atoms with Gasteiger partial charge in [-0.05, 0) is 23.4 Å². The van der Waals surface area contributed by atoms with Crippen LogP contribution in [0.1, 0.15) is 16.8 Å². The summed E-state index contributed by atoms with van der Waals surface area (Å²) in [4.78, 5) is 4.33. The Labute approximate surface area is 85.1 Å². The Bertz CT molecular complexity index is 587. The summed E-state index contributed by atoms with van der Waals surface area (Å²) in [5.41, 5.74) is 3.80. The molecule has 0 aromatic carbocycles. The molecule has 0 saturated carbocycles. The van der Waals surface area contributed by atoms with Gasteiger partial charge in [0.2, 0.25) is 0 Å². The summed E-state index contributed by atoms with van der Waals surface area (Å²) < 4.78 is 1.20. The molecule has 66 valence electrons. The van der Waals surface area contributed by atoms with E-state index in [4.69, 9.17) is 5.26 Å². The second-order valence-corrected chi connectivity index (χ2v) is 4.12. The van der Waals surface area contributed by atoms with Crippen LogP contribution in [-0.2, 0) is 6.42 Å². The Balaban J connectivity index is 2.52. The number of thiophene rings is 1. The van der Waals surface area contributed by atoms with Crippen molar-refractivity contribution in [2.75, 3.05) is 0 Å². The summed E-state index contributed by atoms with van der Waals surface area (Å²) >= 11 is 1.69. The average molecular weight is 198 g/mol. The van der Waals surface area contributed by atoms with Gasteiger partial charge in [0.1, 0.15) is 11.8 Å². The largest absolute Gasteiger partial charge is 0.236 e. The van der Waals surface area contributed by atoms with E-state index in [0.29, 0.717) is 5.69 Å². The molecule has 1 aliphatic carbocycles. The molecule has 2 heterocycles. The third kappa shape index (κ3) is 0.862. The fourth-order valence-corrected chi connectivity index (χ4v) is 2.70. The van der Waals surface area contributed by atoms with E-state index in [-0.39, 0.29) is 0 Å². The summed E-state index contributed by atoms with van der Waals surface area (Å²) in [6.45, 7) is 0. The van der Waals surface area contributed by atoms with Gasteiger partial charge in [-0.2, -0.15) is 5.26 Å². The van der Waals surface area contributed by atoms with E-state index in [1.807, 2.05) is 11.4 Å². The van der Waals surface area contributed by atoms with E-state index in [0.717, 1.165) is 17.5 Å². The minimum atomic E-state index is 0.580. The van der Waals surface area contributed by atoms with Gasteiger partial charge in [0.25, 0.3) is 0 Å². The molecule has 0 bridgehead atoms. The van der Waals surface area contributed by atoms with Crippen molar-refractivity contribution < 1.29 is 0 Å². The van der Waals surface area contributed by atoms with Crippen LogP contribution in [0.25, 0.3) is 16.3 Å². The zero-order valence-electron chi connectivity index (χ0n) is 7.32. The Morgan fingerprint density at radius 3 is 3.29 bits per heavy atom. The molecule has 2 nitrogen and oxygen atoms in total. The lowest BCUT2D eigenvalue weighted by molar-refractivity contribution is 1.21. The van der Waals surface area contributed by atoms with Gasteiger partial charge in [0, 0.05) is 5.56 Å². The monoisotopic (exact) mass is 198 g/mol. The standard InChI is InChI=1S/C11H6N2S/c12-6-10-7-2-1-3-8(7)11-9(13-10)4-5-14-11/h1,3-5H,2H2. The van der Waals surface area contributed by atoms with E-state index in [9.17, 15) is 0 Å². The van der Waals surface area contributed by atoms with Gasteiger partial charge in [0.15, 0.2) is 0 Å². The molecule has 0 amide bonds. The van der Waals surface area contributed by atoms with Crippen molar-refractivity contribution in [3.8, 4) is 6.07 Å². The lowest BCUT2D eigenvalue weighted by Gasteiger charge is -2.01. The third-order valence-corrected chi connectivity index (χ3v) is 3.38. The Morgan fingerprint density at radius 2 is 2.43 bits per heavy atom. The van der Waals surface area contributed by atoms with Crippen LogP contribution < -0.4 is 0 Å². The lowest BCUT2D eigenvalue weighted by Crippen LogP contribution is -1.92. The highest BCUT2D eigenvalue weighted by Gasteiger charge is 2.16. The van der Waals surface area contributed by atoms with Crippen molar-refractivity contribution in [3.05, 3.63) is 34.3 Å². The number of nitrogens with zero attached hydrogens (tertiary/aromatic N) is 2. The molecule has 1 aliphatic rings. The maximum Gasteiger partial charge on any atom is 0.145 e. The molecule has 0 atom stereocenters. The fourth-order valence-electron chi connectivity index (χ4n) is 1.81. The first kappa shape index (κ1) is 7.72. The maximum absolute atomic E-state index is 8.96. The predicted molar refractivity (Wildman–Crippen MR) is 57.1 cm³/mol. The summed E-state index contributed by atoms with van der Waals surface area (Å²) in [6.07, 6.45) is 5.03. The maximum atomic E-state index is 8.96. The third-order valence-electron chi connectivity index (χ3n) is 2.44. The molecule has 0 unspecified atom stereocenters. The first-order chi connectivity index (χ1) is 6.90. The minimum absolute atomic E-state index is 0.580. The summed E-state index contributed by atoms with van der Waals surface area (Å²) in [7, 11) is 0. The highest BCUT2D eigenvalue weighted by Crippen LogP contribution is 2.32. The fraction of sp³-hybridized carbons (Fsp3) is 0.0909. The number of pyridine rings is 1. The Hall–Kier alpha value is -1.66. The number of fused-ring (bicyclic) bond motifs is 3. The Morgan fingerprint density at radius 1 is 1.50 bits per heavy atom. The summed E-state index contributed by atoms with van der Waals surface area (Å²) in [5, 5.41) is 11.0. The zero-order valence-corrected chi connectivity index (χ0v) is 8.14. The van der Waals surface area contributed by atoms with Crippen LogP contribution in [-0.4, -0.2) is 4.98 Å². The van der Waals surface area contributed by atoms with Crippen LogP contribution in [0.2, 0.25) is 0 Å². The van der Waals surface area contributed by atoms with E-state index in [1.165, 1.54) is 10.3 Å². The smallest absolute Gasteiger partial charge is 0.145 e. The highest BCUT2D eigenvalue weighted by atomic mass is 32.1. The molecule has 0 spiro atoms. The summed E-state index contributed by atoms with van der Waals surface area (Å²) in [5.74, 6) is 0. The predicted octanol–water partition coefficient (Wildman–Crippen LogP) is 2.74. The zero-order chi connectivity index (χ0) is 9.54. The number of rotatable bonds is 0. The molecule has 3 heteroatoms. The van der Waals surface area contributed by atoms with Gasteiger partial charge >= 0.3 is 0 Å². The molecule has 0 saturated heterocycles. The van der Waals surface area contributed by atoms with Gasteiger partial charge in [-0.3, -0.25) is 0 Å². The van der Waals surface area contributed by atoms with Gasteiger partial charge < -0.3 is 0 Å². The highest BCUT2D eigenvalue weighted by molar-refractivity contribution is 7.17. The van der Waals surface area contributed by atoms with Crippen molar-refractivity contribution in [2.45, 2.75) is 6.42 Å². The van der Waals surface area contributed by atoms with Crippen LogP contribution in [0.15, 0.2) is 17.5 Å². The number of allylic oxidation sites excluding steroid dienone is 1. The van der Waals surface area contributed by atoms with Crippen molar-refractivity contribution in [1.29, 1.82) is 5.26 Å². The number of hydrogen-bond acceptors (Lipinski definition) is 3. The van der Waals surface area contributed by atoms with E-state index >= 15 is 0 Å². The van der Waals surface area contributed by atoms with E-state index in [2.05, 4.69) is 23.2 Å². The van der Waals surface area contributed by atoms with Gasteiger partial charge in [-0.15, -0.1) is 11.3 Å². The molecule has 2 aromatic rings. The number of hydrogen-bond donors (Lipinski definition) is 0. The topological polar surface area (TPSA) is 36.7 Å². The molecule has 14 heavy (non-hydrogen) atoms. The molecular formula is C11H6N2S. The lowest BCUT2D eigenvalue weighted by atomic mass is 10.1. The first-order valence-corrected chi connectivity index (χ1v) is 5.25. The van der Waals surface area contributed by atoms with Gasteiger partial charge in [-0.25, -0.2) is 4.98 Å². The molecule has 0 radical (unpaired) electrons. The number of nitriles is 1. The SMILES string of the molecule is N#Cc1nc2ccsc2c2c1CC=C2. The quantitative estimate of drug-likeness (QED) is 0.652. The van der Waals surface area contributed by atoms with E-state index < -0.39 is 0 Å². The van der Waals surface area contributed by atoms with Gasteiger partial charge in [0.05, 0.1) is 10.2 Å². The van der Waals surface area contributed by atoms with Crippen LogP contribution in [0.5, 0.6) is 0 Å². The van der Waals surface area contributed by atoms with Crippen molar-refractivity contribution in [2.24, 2.45) is 0 Å². The summed E-state index contributed by atoms with van der Waals surface area (Å²) in [6, 6.07) is 4.13. The Kier molecular flexibility index (Phi) is 1.47. The van der Waals surface area contributed by atoms with Crippen molar-refractivity contribution in [3.63, 3.8) is 0 Å². The first-order valence-electron chi connectivity index (χ1n) is 4.37. The van der Waals surface area contributed by atoms with Crippen LogP contribution in [0.3, 0.4) is 0 Å². The van der Waals surface area contributed by atoms with Gasteiger partial charge in [-0.1, -0.05) is 12.2 Å². The van der Waals surface area contributed by atoms with Crippen LogP contribution >= 0.6 is 11.3 Å². The second kappa shape index (κ2) is 2.66. The molecular weight excluding hydrogens is 192 g/mol. The molecule has 0 N–H and O–H groups in total. The number of aromatic nitrogens is 1. The molecule has 0 fully saturated rings. The van der Waals surface area contributed by atoms with Crippen LogP contribution in [0.4, 0.5) is 0 Å². The van der Waals surface area contributed by atoms with Crippen molar-refractivity contribution in [1.82, 2.24) is 4.98 Å². The molecule has 3 rings (SSSR count).